The Morgan fingerprint density at radius 3 is 2.52 bits per heavy atom. The van der Waals surface area contributed by atoms with Crippen molar-refractivity contribution in [1.29, 1.82) is 0 Å². The highest BCUT2D eigenvalue weighted by molar-refractivity contribution is 5.81. The summed E-state index contributed by atoms with van der Waals surface area (Å²) in [5.41, 5.74) is 0.426. The molecule has 0 amide bonds. The van der Waals surface area contributed by atoms with E-state index in [9.17, 15) is 0 Å². The van der Waals surface area contributed by atoms with Gasteiger partial charge < -0.3 is 14.7 Å². The van der Waals surface area contributed by atoms with E-state index in [-0.39, 0.29) is 5.54 Å². The minimum absolute atomic E-state index is 0.119. The smallest absolute Gasteiger partial charge is 0.226 e. The molecule has 6 nitrogen and oxygen atoms in total. The molecule has 0 unspecified atom stereocenters. The van der Waals surface area contributed by atoms with E-state index in [0.717, 1.165) is 43.6 Å². The van der Waals surface area contributed by atoms with Gasteiger partial charge in [-0.05, 0) is 20.3 Å². The zero-order valence-electron chi connectivity index (χ0n) is 15.6. The number of nitrogens with one attached hydrogen (secondary N) is 1. The molecule has 6 heteroatoms. The summed E-state index contributed by atoms with van der Waals surface area (Å²) in [5.74, 6) is 2.79. The summed E-state index contributed by atoms with van der Waals surface area (Å²) in [7, 11) is 1.84. The minimum atomic E-state index is 0.119. The highest BCUT2D eigenvalue weighted by atomic mass is 16.5. The lowest BCUT2D eigenvalue weighted by Crippen LogP contribution is -2.72. The van der Waals surface area contributed by atoms with E-state index < -0.39 is 0 Å². The molecule has 2 heterocycles. The molecule has 1 aliphatic rings. The molecule has 0 aliphatic carbocycles. The van der Waals surface area contributed by atoms with Crippen LogP contribution >= 0.6 is 0 Å². The van der Waals surface area contributed by atoms with Crippen molar-refractivity contribution >= 4 is 5.96 Å². The number of rotatable bonds is 5. The molecule has 0 bridgehead atoms. The van der Waals surface area contributed by atoms with Crippen molar-refractivity contribution in [3.05, 3.63) is 11.7 Å². The standard InChI is InChI=1S/C17H31N5O/c1-12(2)14-20-13(23-21-14)9-8-10-19-15(18-7)22-11-16(3,4)17(22,5)6/h12H,8-11H2,1-7H3,(H,18,19). The Morgan fingerprint density at radius 2 is 2.04 bits per heavy atom. The molecule has 0 saturated carbocycles. The van der Waals surface area contributed by atoms with Crippen molar-refractivity contribution in [3.8, 4) is 0 Å². The van der Waals surface area contributed by atoms with Crippen LogP contribution < -0.4 is 5.32 Å². The van der Waals surface area contributed by atoms with Crippen molar-refractivity contribution in [2.75, 3.05) is 20.1 Å². The minimum Gasteiger partial charge on any atom is -0.356 e. The van der Waals surface area contributed by atoms with Gasteiger partial charge in [0.15, 0.2) is 11.8 Å². The average Bonchev–Trinajstić information content (AvgIpc) is 2.95. The maximum Gasteiger partial charge on any atom is 0.226 e. The zero-order valence-corrected chi connectivity index (χ0v) is 15.6. The molecule has 0 radical (unpaired) electrons. The van der Waals surface area contributed by atoms with Crippen LogP contribution in [0, 0.1) is 5.41 Å². The summed E-state index contributed by atoms with van der Waals surface area (Å²) in [6, 6.07) is 0. The molecule has 1 fully saturated rings. The van der Waals surface area contributed by atoms with Gasteiger partial charge in [-0.1, -0.05) is 32.9 Å². The Morgan fingerprint density at radius 1 is 1.35 bits per heavy atom. The van der Waals surface area contributed by atoms with Crippen molar-refractivity contribution in [1.82, 2.24) is 20.4 Å². The van der Waals surface area contributed by atoms with E-state index in [1.807, 2.05) is 7.05 Å². The Labute approximate surface area is 139 Å². The average molecular weight is 321 g/mol. The van der Waals surface area contributed by atoms with Gasteiger partial charge in [0.2, 0.25) is 5.89 Å². The number of aliphatic imine (C=N–C) groups is 1. The topological polar surface area (TPSA) is 66.5 Å². The maximum absolute atomic E-state index is 5.27. The number of nitrogens with zero attached hydrogens (tertiary/aromatic N) is 4. The molecule has 130 valence electrons. The SMILES string of the molecule is CN=C(NCCCc1nc(C(C)C)no1)N1CC(C)(C)C1(C)C. The van der Waals surface area contributed by atoms with Crippen molar-refractivity contribution in [3.63, 3.8) is 0 Å². The first kappa shape index (κ1) is 17.8. The van der Waals surface area contributed by atoms with Crippen LogP contribution in [0.25, 0.3) is 0 Å². The summed E-state index contributed by atoms with van der Waals surface area (Å²) in [6.07, 6.45) is 1.73. The van der Waals surface area contributed by atoms with Crippen LogP contribution in [0.3, 0.4) is 0 Å². The number of guanidine groups is 1. The molecule has 1 aliphatic heterocycles. The molecule has 2 rings (SSSR count). The molecule has 1 aromatic rings. The number of aromatic nitrogens is 2. The molecule has 0 atom stereocenters. The third kappa shape index (κ3) is 3.51. The molecule has 0 spiro atoms. The van der Waals surface area contributed by atoms with Gasteiger partial charge in [0.05, 0.1) is 0 Å². The highest BCUT2D eigenvalue weighted by Crippen LogP contribution is 2.46. The van der Waals surface area contributed by atoms with Gasteiger partial charge in [-0.3, -0.25) is 4.99 Å². The van der Waals surface area contributed by atoms with Crippen LogP contribution in [0.1, 0.15) is 65.6 Å². The van der Waals surface area contributed by atoms with E-state index in [0.29, 0.717) is 11.3 Å². The van der Waals surface area contributed by atoms with Crippen LogP contribution in [-0.4, -0.2) is 46.7 Å². The van der Waals surface area contributed by atoms with Crippen LogP contribution in [-0.2, 0) is 6.42 Å². The van der Waals surface area contributed by atoms with Crippen molar-refractivity contribution in [2.45, 2.75) is 65.8 Å². The summed E-state index contributed by atoms with van der Waals surface area (Å²) in [6.45, 7) is 15.2. The van der Waals surface area contributed by atoms with E-state index in [4.69, 9.17) is 4.52 Å². The lowest BCUT2D eigenvalue weighted by atomic mass is 9.65. The lowest BCUT2D eigenvalue weighted by molar-refractivity contribution is -0.0667. The van der Waals surface area contributed by atoms with Gasteiger partial charge in [-0.2, -0.15) is 4.98 Å². The first-order valence-electron chi connectivity index (χ1n) is 8.50. The Balaban J connectivity index is 1.79. The fourth-order valence-electron chi connectivity index (χ4n) is 2.74. The fraction of sp³-hybridized carbons (Fsp3) is 0.824. The number of likely N-dealkylation sites (tertiary alicyclic amines) is 1. The van der Waals surface area contributed by atoms with Gasteiger partial charge in [-0.25, -0.2) is 0 Å². The summed E-state index contributed by atoms with van der Waals surface area (Å²) >= 11 is 0. The number of hydrogen-bond donors (Lipinski definition) is 1. The molecular formula is C17H31N5O. The molecule has 0 aromatic carbocycles. The quantitative estimate of drug-likeness (QED) is 0.513. The van der Waals surface area contributed by atoms with E-state index >= 15 is 0 Å². The van der Waals surface area contributed by atoms with Gasteiger partial charge in [-0.15, -0.1) is 0 Å². The van der Waals surface area contributed by atoms with Crippen LogP contribution in [0.5, 0.6) is 0 Å². The monoisotopic (exact) mass is 321 g/mol. The molecule has 1 saturated heterocycles. The van der Waals surface area contributed by atoms with Crippen LogP contribution in [0.15, 0.2) is 9.52 Å². The van der Waals surface area contributed by atoms with Gasteiger partial charge in [0, 0.05) is 43.4 Å². The summed E-state index contributed by atoms with van der Waals surface area (Å²) in [4.78, 5) is 11.2. The molecular weight excluding hydrogens is 290 g/mol. The Hall–Kier alpha value is -1.59. The highest BCUT2D eigenvalue weighted by Gasteiger charge is 2.53. The largest absolute Gasteiger partial charge is 0.356 e. The second-order valence-electron chi connectivity index (χ2n) is 7.81. The predicted molar refractivity (Wildman–Crippen MR) is 92.6 cm³/mol. The first-order valence-corrected chi connectivity index (χ1v) is 8.50. The number of aryl methyl sites for hydroxylation is 1. The lowest BCUT2D eigenvalue weighted by Gasteiger charge is -2.62. The van der Waals surface area contributed by atoms with E-state index in [1.165, 1.54) is 0 Å². The Bertz CT molecular complexity index is 559. The second kappa shape index (κ2) is 6.49. The maximum atomic E-state index is 5.27. The third-order valence-corrected chi connectivity index (χ3v) is 5.20. The zero-order chi connectivity index (χ0) is 17.3. The predicted octanol–water partition coefficient (Wildman–Crippen LogP) is 2.82. The van der Waals surface area contributed by atoms with Crippen molar-refractivity contribution in [2.24, 2.45) is 10.4 Å². The molecule has 1 N–H and O–H groups in total. The molecule has 1 aromatic heterocycles. The normalized spacial score (nSPS) is 19.8. The Kier molecular flexibility index (Phi) is 5.01. The fourth-order valence-corrected chi connectivity index (χ4v) is 2.74. The second-order valence-corrected chi connectivity index (χ2v) is 7.81. The van der Waals surface area contributed by atoms with Crippen LogP contribution in [0.2, 0.25) is 0 Å². The van der Waals surface area contributed by atoms with Crippen molar-refractivity contribution < 1.29 is 4.52 Å². The summed E-state index contributed by atoms with van der Waals surface area (Å²) < 4.78 is 5.27. The number of hydrogen-bond acceptors (Lipinski definition) is 4. The van der Waals surface area contributed by atoms with Gasteiger partial charge in [0.25, 0.3) is 0 Å². The summed E-state index contributed by atoms with van der Waals surface area (Å²) in [5, 5.41) is 7.44. The van der Waals surface area contributed by atoms with E-state index in [2.05, 4.69) is 66.9 Å². The van der Waals surface area contributed by atoms with Crippen LogP contribution in [0.4, 0.5) is 0 Å². The van der Waals surface area contributed by atoms with Gasteiger partial charge >= 0.3 is 0 Å². The third-order valence-electron chi connectivity index (χ3n) is 5.20. The first-order chi connectivity index (χ1) is 10.7. The van der Waals surface area contributed by atoms with Gasteiger partial charge in [0.1, 0.15) is 0 Å². The molecule has 23 heavy (non-hydrogen) atoms. The van der Waals surface area contributed by atoms with E-state index in [1.54, 1.807) is 0 Å².